The minimum atomic E-state index is 0.486. The van der Waals surface area contributed by atoms with Crippen LogP contribution in [-0.4, -0.2) is 35.1 Å². The summed E-state index contributed by atoms with van der Waals surface area (Å²) in [6.45, 7) is 2.36. The maximum Gasteiger partial charge on any atom is 0.135 e. The van der Waals surface area contributed by atoms with Gasteiger partial charge < -0.3 is 9.68 Å². The number of hydrogen-bond acceptors (Lipinski definition) is 6. The molecule has 3 rings (SSSR count). The average molecular weight is 388 g/mol. The molecule has 148 valence electrons. The summed E-state index contributed by atoms with van der Waals surface area (Å²) in [5.41, 5.74) is 5.00. The van der Waals surface area contributed by atoms with Crippen LogP contribution in [0.2, 0.25) is 0 Å². The number of nitrogens with zero attached hydrogens (tertiary/aromatic N) is 4. The van der Waals surface area contributed by atoms with Gasteiger partial charge in [-0.15, -0.1) is 0 Å². The first-order chi connectivity index (χ1) is 14.3. The van der Waals surface area contributed by atoms with Crippen molar-refractivity contribution in [1.29, 1.82) is 0 Å². The van der Waals surface area contributed by atoms with E-state index >= 15 is 0 Å². The van der Waals surface area contributed by atoms with Crippen LogP contribution in [0.15, 0.2) is 83.2 Å². The van der Waals surface area contributed by atoms with Gasteiger partial charge >= 0.3 is 0 Å². The van der Waals surface area contributed by atoms with Crippen LogP contribution in [0.25, 0.3) is 0 Å². The first-order valence-electron chi connectivity index (χ1n) is 9.49. The van der Waals surface area contributed by atoms with Crippen LogP contribution in [0, 0.1) is 0 Å². The van der Waals surface area contributed by atoms with E-state index in [1.54, 1.807) is 6.20 Å². The predicted octanol–water partition coefficient (Wildman–Crippen LogP) is 4.25. The second-order valence-electron chi connectivity index (χ2n) is 6.33. The molecule has 0 atom stereocenters. The first-order valence-corrected chi connectivity index (χ1v) is 9.49. The molecule has 0 aliphatic rings. The number of rotatable bonds is 9. The quantitative estimate of drug-likeness (QED) is 0.312. The van der Waals surface area contributed by atoms with Gasteiger partial charge in [0, 0.05) is 17.5 Å². The Kier molecular flexibility index (Phi) is 7.46. The minimum Gasteiger partial charge on any atom is -0.399 e. The minimum absolute atomic E-state index is 0.486. The van der Waals surface area contributed by atoms with E-state index < -0.39 is 0 Å². The van der Waals surface area contributed by atoms with Crippen molar-refractivity contribution in [2.75, 3.05) is 13.7 Å². The highest BCUT2D eigenvalue weighted by molar-refractivity contribution is 6.11. The second kappa shape index (κ2) is 10.7. The third-order valence-corrected chi connectivity index (χ3v) is 4.18. The highest BCUT2D eigenvalue weighted by Gasteiger charge is 2.08. The van der Waals surface area contributed by atoms with E-state index in [9.17, 15) is 0 Å². The molecule has 0 unspecified atom stereocenters. The standard InChI is InChI=1S/C23H24N4O2/c1-18(26-28-2)21-15-8-12-20(25-21)13-9-17-29-27-23(19-10-4-3-5-11-19)22-14-6-7-16-24-22/h3-8,10-12,14-16H,9,13,17H2,1-2H3/b26-18+,27-23+. The van der Waals surface area contributed by atoms with Crippen molar-refractivity contribution in [2.24, 2.45) is 10.3 Å². The molecule has 2 heterocycles. The summed E-state index contributed by atoms with van der Waals surface area (Å²) in [6.07, 6.45) is 3.33. The molecule has 6 heteroatoms. The molecule has 0 radical (unpaired) electrons. The third kappa shape index (κ3) is 5.97. The largest absolute Gasteiger partial charge is 0.399 e. The Morgan fingerprint density at radius 2 is 1.69 bits per heavy atom. The highest BCUT2D eigenvalue weighted by Crippen LogP contribution is 2.10. The SMILES string of the molecule is CO/N=C(\C)c1cccc(CCCO/N=C(\c2ccccc2)c2ccccn2)n1. The van der Waals surface area contributed by atoms with Gasteiger partial charge in [0.2, 0.25) is 0 Å². The number of aryl methyl sites for hydroxylation is 1. The molecule has 3 aromatic rings. The normalized spacial score (nSPS) is 11.9. The second-order valence-corrected chi connectivity index (χ2v) is 6.33. The first kappa shape index (κ1) is 20.2. The molecule has 6 nitrogen and oxygen atoms in total. The summed E-state index contributed by atoms with van der Waals surface area (Å²) in [5.74, 6) is 0. The summed E-state index contributed by atoms with van der Waals surface area (Å²) in [6, 6.07) is 21.5. The van der Waals surface area contributed by atoms with Crippen molar-refractivity contribution in [3.05, 3.63) is 95.6 Å². The zero-order valence-corrected chi connectivity index (χ0v) is 16.7. The molecular formula is C23H24N4O2. The Morgan fingerprint density at radius 3 is 2.45 bits per heavy atom. The fraction of sp³-hybridized carbons (Fsp3) is 0.217. The van der Waals surface area contributed by atoms with E-state index in [1.165, 1.54) is 7.11 Å². The molecule has 0 N–H and O–H groups in total. The monoisotopic (exact) mass is 388 g/mol. The van der Waals surface area contributed by atoms with Crippen molar-refractivity contribution >= 4 is 11.4 Å². The third-order valence-electron chi connectivity index (χ3n) is 4.18. The van der Waals surface area contributed by atoms with E-state index in [0.717, 1.165) is 46.9 Å². The zero-order chi connectivity index (χ0) is 20.3. The van der Waals surface area contributed by atoms with E-state index in [2.05, 4.69) is 20.3 Å². The van der Waals surface area contributed by atoms with Crippen molar-refractivity contribution in [3.8, 4) is 0 Å². The number of oxime groups is 2. The van der Waals surface area contributed by atoms with Gasteiger partial charge in [0.1, 0.15) is 25.1 Å². The van der Waals surface area contributed by atoms with Crippen LogP contribution < -0.4 is 0 Å². The fourth-order valence-electron chi connectivity index (χ4n) is 2.78. The van der Waals surface area contributed by atoms with Gasteiger partial charge in [0.05, 0.1) is 11.4 Å². The van der Waals surface area contributed by atoms with E-state index in [1.807, 2.05) is 73.7 Å². The molecule has 0 saturated carbocycles. The Labute approximate surface area is 170 Å². The van der Waals surface area contributed by atoms with Crippen molar-refractivity contribution in [3.63, 3.8) is 0 Å². The smallest absolute Gasteiger partial charge is 0.135 e. The highest BCUT2D eigenvalue weighted by atomic mass is 16.6. The maximum atomic E-state index is 5.62. The van der Waals surface area contributed by atoms with Crippen molar-refractivity contribution in [1.82, 2.24) is 9.97 Å². The molecule has 0 spiro atoms. The summed E-state index contributed by atoms with van der Waals surface area (Å²) in [4.78, 5) is 19.4. The predicted molar refractivity (Wildman–Crippen MR) is 114 cm³/mol. The Morgan fingerprint density at radius 1 is 0.897 bits per heavy atom. The molecule has 29 heavy (non-hydrogen) atoms. The summed E-state index contributed by atoms with van der Waals surface area (Å²) in [7, 11) is 1.53. The molecule has 0 bridgehead atoms. The Bertz CT molecular complexity index is 915. The average Bonchev–Trinajstić information content (AvgIpc) is 2.78. The zero-order valence-electron chi connectivity index (χ0n) is 16.7. The van der Waals surface area contributed by atoms with Crippen LogP contribution in [0.4, 0.5) is 0 Å². The lowest BCUT2D eigenvalue weighted by atomic mass is 10.1. The van der Waals surface area contributed by atoms with Crippen molar-refractivity contribution < 1.29 is 9.68 Å². The molecule has 0 fully saturated rings. The van der Waals surface area contributed by atoms with Gasteiger partial charge in [-0.3, -0.25) is 9.97 Å². The molecule has 0 aliphatic carbocycles. The molecule has 0 amide bonds. The lowest BCUT2D eigenvalue weighted by Gasteiger charge is -2.07. The number of aromatic nitrogens is 2. The summed E-state index contributed by atoms with van der Waals surface area (Å²) >= 11 is 0. The summed E-state index contributed by atoms with van der Waals surface area (Å²) < 4.78 is 0. The van der Waals surface area contributed by atoms with Gasteiger partial charge in [-0.1, -0.05) is 52.8 Å². The van der Waals surface area contributed by atoms with Gasteiger partial charge in [-0.2, -0.15) is 0 Å². The molecule has 1 aromatic carbocycles. The van der Waals surface area contributed by atoms with E-state index in [4.69, 9.17) is 9.68 Å². The van der Waals surface area contributed by atoms with Crippen LogP contribution in [-0.2, 0) is 16.1 Å². The van der Waals surface area contributed by atoms with Crippen LogP contribution in [0.5, 0.6) is 0 Å². The Hall–Kier alpha value is -3.54. The van der Waals surface area contributed by atoms with Crippen LogP contribution >= 0.6 is 0 Å². The maximum absolute atomic E-state index is 5.62. The van der Waals surface area contributed by atoms with E-state index in [-0.39, 0.29) is 0 Å². The summed E-state index contributed by atoms with van der Waals surface area (Å²) in [5, 5.41) is 8.29. The Balaban J connectivity index is 1.61. The molecule has 0 saturated heterocycles. The van der Waals surface area contributed by atoms with Crippen LogP contribution in [0.1, 0.15) is 36.0 Å². The molecule has 0 aliphatic heterocycles. The number of hydrogen-bond donors (Lipinski definition) is 0. The topological polar surface area (TPSA) is 69.0 Å². The fourth-order valence-corrected chi connectivity index (χ4v) is 2.78. The van der Waals surface area contributed by atoms with Crippen LogP contribution in [0.3, 0.4) is 0 Å². The van der Waals surface area contributed by atoms with E-state index in [0.29, 0.717) is 6.61 Å². The van der Waals surface area contributed by atoms with Gasteiger partial charge in [0.15, 0.2) is 0 Å². The van der Waals surface area contributed by atoms with Gasteiger partial charge in [-0.05, 0) is 44.0 Å². The lowest BCUT2D eigenvalue weighted by Crippen LogP contribution is -2.07. The molecular weight excluding hydrogens is 364 g/mol. The molecule has 2 aromatic heterocycles. The van der Waals surface area contributed by atoms with Crippen molar-refractivity contribution in [2.45, 2.75) is 19.8 Å². The number of benzene rings is 1. The lowest BCUT2D eigenvalue weighted by molar-refractivity contribution is 0.142. The number of pyridine rings is 2. The van der Waals surface area contributed by atoms with Gasteiger partial charge in [-0.25, -0.2) is 0 Å². The van der Waals surface area contributed by atoms with Gasteiger partial charge in [0.25, 0.3) is 0 Å².